The van der Waals surface area contributed by atoms with Gasteiger partial charge in [0.2, 0.25) is 10.0 Å². The molecule has 2 aromatic heterocycles. The minimum atomic E-state index is -4.02. The zero-order valence-corrected chi connectivity index (χ0v) is 23.5. The Morgan fingerprint density at radius 1 is 1.10 bits per heavy atom. The Morgan fingerprint density at radius 3 is 2.33 bits per heavy atom. The lowest BCUT2D eigenvalue weighted by Gasteiger charge is -2.34. The molecule has 0 amide bonds. The third-order valence-corrected chi connectivity index (χ3v) is 8.02. The second-order valence-electron chi connectivity index (χ2n) is 9.30. The van der Waals surface area contributed by atoms with Crippen LogP contribution in [0.4, 0.5) is 6.01 Å². The van der Waals surface area contributed by atoms with Gasteiger partial charge in [0.1, 0.15) is 27.6 Å². The molecular formula is C27H32ClN5O5S. The standard InChI is InChI=1S/C27H32ClN5O5S/c1-3-36-23-13-18(14-24(37-4-2)26(23)32-11-5-6-12-32)17-33(19-7-9-30-10-8-19)27-31-21-15-20(28)25(39(29,34)35)16-22(21)38-27/h5-6,11-16,19,30H,3-4,7-10,17H2,1-2H3,(H2,29,34,35). The highest BCUT2D eigenvalue weighted by atomic mass is 35.5. The van der Waals surface area contributed by atoms with E-state index < -0.39 is 10.0 Å². The summed E-state index contributed by atoms with van der Waals surface area (Å²) >= 11 is 6.21. The fourth-order valence-corrected chi connectivity index (χ4v) is 6.01. The van der Waals surface area contributed by atoms with Crippen molar-refractivity contribution in [3.05, 3.63) is 59.4 Å². The van der Waals surface area contributed by atoms with E-state index in [0.29, 0.717) is 48.4 Å². The summed E-state index contributed by atoms with van der Waals surface area (Å²) in [5, 5.41) is 8.74. The molecule has 208 valence electrons. The summed E-state index contributed by atoms with van der Waals surface area (Å²) in [5.74, 6) is 1.42. The Labute approximate surface area is 232 Å². The van der Waals surface area contributed by atoms with E-state index in [-0.39, 0.29) is 16.0 Å². The lowest BCUT2D eigenvalue weighted by atomic mass is 10.0. The van der Waals surface area contributed by atoms with Gasteiger partial charge in [0.05, 0.1) is 18.2 Å². The number of nitrogens with zero attached hydrogens (tertiary/aromatic N) is 3. The molecule has 1 saturated heterocycles. The largest absolute Gasteiger partial charge is 0.492 e. The van der Waals surface area contributed by atoms with Crippen LogP contribution < -0.4 is 24.8 Å². The first-order valence-corrected chi connectivity index (χ1v) is 14.9. The molecule has 2 aromatic carbocycles. The molecular weight excluding hydrogens is 542 g/mol. The van der Waals surface area contributed by atoms with Gasteiger partial charge in [-0.25, -0.2) is 13.6 Å². The number of primary sulfonamides is 1. The van der Waals surface area contributed by atoms with Gasteiger partial charge in [0.15, 0.2) is 5.58 Å². The van der Waals surface area contributed by atoms with Crippen molar-refractivity contribution in [2.45, 2.75) is 44.2 Å². The Hall–Kier alpha value is -3.25. The summed E-state index contributed by atoms with van der Waals surface area (Å²) in [6.07, 6.45) is 5.70. The van der Waals surface area contributed by atoms with Crippen LogP contribution in [0.5, 0.6) is 11.5 Å². The summed E-state index contributed by atoms with van der Waals surface area (Å²) in [6, 6.07) is 11.3. The number of benzene rings is 2. The molecule has 0 saturated carbocycles. The van der Waals surface area contributed by atoms with Crippen LogP contribution >= 0.6 is 11.6 Å². The minimum Gasteiger partial charge on any atom is -0.492 e. The number of rotatable bonds is 10. The number of ether oxygens (including phenoxy) is 2. The molecule has 0 unspecified atom stereocenters. The predicted octanol–water partition coefficient (Wildman–Crippen LogP) is 4.48. The molecule has 0 bridgehead atoms. The molecule has 0 spiro atoms. The SMILES string of the molecule is CCOc1cc(CN(c2nc3cc(Cl)c(S(N)(=O)=O)cc3o2)C2CCNCC2)cc(OCC)c1-n1cccc1. The monoisotopic (exact) mass is 573 g/mol. The van der Waals surface area contributed by atoms with Crippen molar-refractivity contribution in [2.24, 2.45) is 5.14 Å². The van der Waals surface area contributed by atoms with Gasteiger partial charge in [-0.05, 0) is 75.7 Å². The molecule has 0 aliphatic carbocycles. The maximum absolute atomic E-state index is 12.0. The predicted molar refractivity (Wildman–Crippen MR) is 151 cm³/mol. The molecule has 12 heteroatoms. The molecule has 10 nitrogen and oxygen atoms in total. The molecule has 39 heavy (non-hydrogen) atoms. The summed E-state index contributed by atoms with van der Waals surface area (Å²) in [6.45, 7) is 7.10. The summed E-state index contributed by atoms with van der Waals surface area (Å²) in [7, 11) is -4.02. The van der Waals surface area contributed by atoms with Crippen LogP contribution in [0.3, 0.4) is 0 Å². The smallest absolute Gasteiger partial charge is 0.298 e. The van der Waals surface area contributed by atoms with Gasteiger partial charge in [-0.1, -0.05) is 11.6 Å². The fraction of sp³-hybridized carbons (Fsp3) is 0.370. The summed E-state index contributed by atoms with van der Waals surface area (Å²) in [5.41, 5.74) is 2.55. The second-order valence-corrected chi connectivity index (χ2v) is 11.2. The van der Waals surface area contributed by atoms with Gasteiger partial charge in [0, 0.05) is 31.0 Å². The number of nitrogens with one attached hydrogen (secondary N) is 1. The number of halogens is 1. The highest BCUT2D eigenvalue weighted by Crippen LogP contribution is 2.37. The van der Waals surface area contributed by atoms with Gasteiger partial charge < -0.3 is 28.7 Å². The molecule has 1 aliphatic rings. The number of anilines is 1. The van der Waals surface area contributed by atoms with Crippen LogP contribution in [-0.4, -0.2) is 50.3 Å². The first-order valence-electron chi connectivity index (χ1n) is 12.9. The third kappa shape index (κ3) is 5.86. The molecule has 0 atom stereocenters. The van der Waals surface area contributed by atoms with Crippen molar-refractivity contribution < 1.29 is 22.3 Å². The fourth-order valence-electron chi connectivity index (χ4n) is 4.92. The van der Waals surface area contributed by atoms with Crippen molar-refractivity contribution in [1.82, 2.24) is 14.9 Å². The van der Waals surface area contributed by atoms with E-state index in [1.165, 1.54) is 12.1 Å². The number of fused-ring (bicyclic) bond motifs is 1. The number of nitrogens with two attached hydrogens (primary N) is 1. The number of oxazole rings is 1. The first-order chi connectivity index (χ1) is 18.8. The van der Waals surface area contributed by atoms with Crippen LogP contribution in [-0.2, 0) is 16.6 Å². The van der Waals surface area contributed by atoms with E-state index in [0.717, 1.165) is 37.2 Å². The van der Waals surface area contributed by atoms with Crippen molar-refractivity contribution in [3.63, 3.8) is 0 Å². The Kier molecular flexibility index (Phi) is 8.03. The molecule has 0 radical (unpaired) electrons. The molecule has 1 aliphatic heterocycles. The zero-order valence-electron chi connectivity index (χ0n) is 21.9. The minimum absolute atomic E-state index is 0.00146. The highest BCUT2D eigenvalue weighted by Gasteiger charge is 2.27. The topological polar surface area (TPSA) is 125 Å². The van der Waals surface area contributed by atoms with Gasteiger partial charge in [0.25, 0.3) is 6.01 Å². The Bertz CT molecular complexity index is 1520. The Balaban J connectivity index is 1.59. The van der Waals surface area contributed by atoms with Crippen LogP contribution in [0.15, 0.2) is 58.1 Å². The number of piperidine rings is 1. The number of sulfonamides is 1. The van der Waals surface area contributed by atoms with Crippen LogP contribution in [0, 0.1) is 0 Å². The lowest BCUT2D eigenvalue weighted by molar-refractivity contribution is 0.320. The van der Waals surface area contributed by atoms with E-state index in [1.54, 1.807) is 0 Å². The number of hydrogen-bond donors (Lipinski definition) is 2. The molecule has 1 fully saturated rings. The van der Waals surface area contributed by atoms with Crippen molar-refractivity contribution in [1.29, 1.82) is 0 Å². The van der Waals surface area contributed by atoms with Crippen LogP contribution in [0.25, 0.3) is 16.8 Å². The van der Waals surface area contributed by atoms with E-state index in [2.05, 4.69) is 10.2 Å². The highest BCUT2D eigenvalue weighted by molar-refractivity contribution is 7.89. The molecule has 5 rings (SSSR count). The van der Waals surface area contributed by atoms with Gasteiger partial charge >= 0.3 is 0 Å². The average Bonchev–Trinajstić information content (AvgIpc) is 3.57. The normalized spacial score (nSPS) is 14.6. The quantitative estimate of drug-likeness (QED) is 0.285. The van der Waals surface area contributed by atoms with Crippen LogP contribution in [0.2, 0.25) is 5.02 Å². The third-order valence-electron chi connectivity index (χ3n) is 6.65. The van der Waals surface area contributed by atoms with Gasteiger partial charge in [-0.3, -0.25) is 0 Å². The van der Waals surface area contributed by atoms with Crippen molar-refractivity contribution in [3.8, 4) is 17.2 Å². The maximum atomic E-state index is 12.0. The van der Waals surface area contributed by atoms with Crippen molar-refractivity contribution >= 4 is 38.7 Å². The van der Waals surface area contributed by atoms with E-state index in [9.17, 15) is 8.42 Å². The number of aromatic nitrogens is 2. The Morgan fingerprint density at radius 2 is 1.74 bits per heavy atom. The average molecular weight is 574 g/mol. The van der Waals surface area contributed by atoms with E-state index in [1.807, 2.05) is 55.1 Å². The second kappa shape index (κ2) is 11.5. The zero-order chi connectivity index (χ0) is 27.6. The van der Waals surface area contributed by atoms with Gasteiger partial charge in [-0.2, -0.15) is 4.98 Å². The summed E-state index contributed by atoms with van der Waals surface area (Å²) in [4.78, 5) is 6.61. The first kappa shape index (κ1) is 27.3. The maximum Gasteiger partial charge on any atom is 0.298 e. The lowest BCUT2D eigenvalue weighted by Crippen LogP contribution is -2.43. The van der Waals surface area contributed by atoms with Crippen LogP contribution in [0.1, 0.15) is 32.3 Å². The molecule has 3 heterocycles. The van der Waals surface area contributed by atoms with Gasteiger partial charge in [-0.15, -0.1) is 0 Å². The number of hydrogen-bond acceptors (Lipinski definition) is 8. The molecule has 4 aromatic rings. The summed E-state index contributed by atoms with van der Waals surface area (Å²) < 4.78 is 44.3. The van der Waals surface area contributed by atoms with E-state index >= 15 is 0 Å². The van der Waals surface area contributed by atoms with Crippen molar-refractivity contribution in [2.75, 3.05) is 31.2 Å². The molecule has 3 N–H and O–H groups in total. The van der Waals surface area contributed by atoms with E-state index in [4.69, 9.17) is 35.6 Å².